The number of nitrogens with one attached hydrogen (secondary N) is 2. The molecule has 1 rings (SSSR count). The van der Waals surface area contributed by atoms with Crippen LogP contribution in [0.4, 0.5) is 5.69 Å². The summed E-state index contributed by atoms with van der Waals surface area (Å²) in [6.45, 7) is 1.98. The second kappa shape index (κ2) is 11.9. The minimum atomic E-state index is -0.954. The number of aliphatic hydroxyl groups excluding tert-OH is 2. The Balaban J connectivity index is 2.37. The molecule has 6 N–H and O–H groups in total. The van der Waals surface area contributed by atoms with Gasteiger partial charge in [0.2, 0.25) is 0 Å². The average Bonchev–Trinajstić information content (AvgIpc) is 2.61. The first-order valence-electron chi connectivity index (χ1n) is 8.32. The highest BCUT2D eigenvalue weighted by molar-refractivity contribution is 5.79. The van der Waals surface area contributed by atoms with Crippen LogP contribution in [0.15, 0.2) is 29.4 Å². The van der Waals surface area contributed by atoms with Crippen molar-refractivity contribution in [1.29, 1.82) is 0 Å². The van der Waals surface area contributed by atoms with Gasteiger partial charge in [0.15, 0.2) is 0 Å². The van der Waals surface area contributed by atoms with E-state index >= 15 is 0 Å². The Bertz CT molecular complexity index is 613. The third kappa shape index (κ3) is 8.48. The molecule has 1 aromatic carbocycles. The Morgan fingerprint density at radius 1 is 1.35 bits per heavy atom. The molecule has 26 heavy (non-hydrogen) atoms. The maximum Gasteiger partial charge on any atom is 0.308 e. The van der Waals surface area contributed by atoms with E-state index in [4.69, 9.17) is 17.0 Å². The van der Waals surface area contributed by atoms with Crippen molar-refractivity contribution in [2.45, 2.75) is 44.7 Å². The molecule has 0 spiro atoms. The van der Waals surface area contributed by atoms with Crippen molar-refractivity contribution in [3.05, 3.63) is 29.8 Å². The van der Waals surface area contributed by atoms with Crippen molar-refractivity contribution >= 4 is 17.9 Å². The summed E-state index contributed by atoms with van der Waals surface area (Å²) < 4.78 is 4.82. The van der Waals surface area contributed by atoms with Gasteiger partial charge in [0, 0.05) is 5.69 Å². The minimum Gasteiger partial charge on any atom is -0.466 e. The fraction of sp³-hybridized carbons (Fsp3) is 0.444. The first kappa shape index (κ1) is 21.4. The third-order valence-electron chi connectivity index (χ3n) is 3.45. The summed E-state index contributed by atoms with van der Waals surface area (Å²) >= 11 is 0. The van der Waals surface area contributed by atoms with Crippen LogP contribution in [0, 0.1) is 12.3 Å². The number of carbonyl (C=O) groups excluding carboxylic acids is 1. The number of hydrogen-bond acceptors (Lipinski definition) is 8. The zero-order valence-electron chi connectivity index (χ0n) is 14.8. The molecule has 0 aliphatic carbocycles. The van der Waals surface area contributed by atoms with Gasteiger partial charge in [0.1, 0.15) is 12.5 Å². The van der Waals surface area contributed by atoms with E-state index in [0.29, 0.717) is 0 Å². The van der Waals surface area contributed by atoms with Crippen LogP contribution < -0.4 is 16.5 Å². The van der Waals surface area contributed by atoms with E-state index < -0.39 is 24.5 Å². The topological polar surface area (TPSA) is 129 Å². The van der Waals surface area contributed by atoms with Crippen LogP contribution in [-0.4, -0.2) is 47.5 Å². The summed E-state index contributed by atoms with van der Waals surface area (Å²) in [4.78, 5) is 11.4. The normalized spacial score (nSPS) is 14.4. The zero-order valence-corrected chi connectivity index (χ0v) is 14.8. The number of nitrogens with zero attached hydrogens (tertiary/aromatic N) is 1. The molecule has 0 bridgehead atoms. The van der Waals surface area contributed by atoms with Crippen molar-refractivity contribution < 1.29 is 19.7 Å². The molecule has 8 heteroatoms. The van der Waals surface area contributed by atoms with Crippen molar-refractivity contribution in [3.63, 3.8) is 0 Å². The number of hydrazone groups is 1. The summed E-state index contributed by atoms with van der Waals surface area (Å²) in [6.07, 6.45) is 5.55. The average molecular weight is 362 g/mol. The SMILES string of the molecule is C#CC(CC(=O)OCC)NC(O)CCC(O)Nc1ccc(/C=N/N)cc1. The van der Waals surface area contributed by atoms with Crippen molar-refractivity contribution in [2.24, 2.45) is 10.9 Å². The van der Waals surface area contributed by atoms with E-state index in [1.54, 1.807) is 31.2 Å². The molecule has 3 unspecified atom stereocenters. The summed E-state index contributed by atoms with van der Waals surface area (Å²) in [5, 5.41) is 29.1. The van der Waals surface area contributed by atoms with Gasteiger partial charge in [0.05, 0.1) is 25.3 Å². The molecule has 0 radical (unpaired) electrons. The van der Waals surface area contributed by atoms with Crippen molar-refractivity contribution in [2.75, 3.05) is 11.9 Å². The Morgan fingerprint density at radius 3 is 2.58 bits per heavy atom. The number of anilines is 1. The lowest BCUT2D eigenvalue weighted by Crippen LogP contribution is -2.39. The summed E-state index contributed by atoms with van der Waals surface area (Å²) in [6, 6.07) is 6.53. The maximum atomic E-state index is 11.4. The fourth-order valence-corrected chi connectivity index (χ4v) is 2.20. The van der Waals surface area contributed by atoms with Crippen LogP contribution in [0.5, 0.6) is 0 Å². The second-order valence-corrected chi connectivity index (χ2v) is 5.55. The first-order valence-corrected chi connectivity index (χ1v) is 8.32. The minimum absolute atomic E-state index is 0.0271. The molecule has 142 valence electrons. The highest BCUT2D eigenvalue weighted by Crippen LogP contribution is 2.11. The number of terminal acetylenes is 1. The summed E-state index contributed by atoms with van der Waals surface area (Å²) in [7, 11) is 0. The number of hydrogen-bond donors (Lipinski definition) is 5. The number of nitrogens with two attached hydrogens (primary N) is 1. The van der Waals surface area contributed by atoms with Gasteiger partial charge in [-0.05, 0) is 37.5 Å². The van der Waals surface area contributed by atoms with E-state index in [9.17, 15) is 15.0 Å². The molecular weight excluding hydrogens is 336 g/mol. The van der Waals surface area contributed by atoms with Gasteiger partial charge in [-0.15, -0.1) is 6.42 Å². The smallest absolute Gasteiger partial charge is 0.308 e. The number of esters is 1. The Morgan fingerprint density at radius 2 is 2.00 bits per heavy atom. The van der Waals surface area contributed by atoms with Crippen LogP contribution >= 0.6 is 0 Å². The van der Waals surface area contributed by atoms with Crippen molar-refractivity contribution in [1.82, 2.24) is 5.32 Å². The van der Waals surface area contributed by atoms with Crippen molar-refractivity contribution in [3.8, 4) is 12.3 Å². The molecule has 0 saturated heterocycles. The van der Waals surface area contributed by atoms with Gasteiger partial charge in [-0.25, -0.2) is 0 Å². The molecule has 3 atom stereocenters. The van der Waals surface area contributed by atoms with Gasteiger partial charge < -0.3 is 26.1 Å². The Labute approximate surface area is 153 Å². The van der Waals surface area contributed by atoms with Crippen LogP contribution in [0.3, 0.4) is 0 Å². The quantitative estimate of drug-likeness (QED) is 0.0959. The van der Waals surface area contributed by atoms with E-state index in [2.05, 4.69) is 21.7 Å². The van der Waals surface area contributed by atoms with Gasteiger partial charge in [-0.3, -0.25) is 10.1 Å². The lowest BCUT2D eigenvalue weighted by molar-refractivity contribution is -0.143. The van der Waals surface area contributed by atoms with Crippen LogP contribution in [0.2, 0.25) is 0 Å². The first-order chi connectivity index (χ1) is 12.5. The highest BCUT2D eigenvalue weighted by atomic mass is 16.5. The Kier molecular flexibility index (Phi) is 9.79. The molecule has 0 saturated carbocycles. The van der Waals surface area contributed by atoms with E-state index in [0.717, 1.165) is 11.3 Å². The van der Waals surface area contributed by atoms with Gasteiger partial charge in [0.25, 0.3) is 0 Å². The molecule has 1 aromatic rings. The number of ether oxygens (including phenoxy) is 1. The fourth-order valence-electron chi connectivity index (χ4n) is 2.20. The number of benzene rings is 1. The molecule has 0 heterocycles. The Hall–Kier alpha value is -2.60. The predicted octanol–water partition coefficient (Wildman–Crippen LogP) is 0.353. The van der Waals surface area contributed by atoms with E-state index in [1.807, 2.05) is 0 Å². The van der Waals surface area contributed by atoms with Crippen LogP contribution in [0.1, 0.15) is 31.7 Å². The van der Waals surface area contributed by atoms with Crippen LogP contribution in [0.25, 0.3) is 0 Å². The molecule has 0 fully saturated rings. The van der Waals surface area contributed by atoms with E-state index in [1.165, 1.54) is 6.21 Å². The molecule has 0 aromatic heterocycles. The molecular formula is C18H26N4O4. The predicted molar refractivity (Wildman–Crippen MR) is 100 cm³/mol. The molecule has 8 nitrogen and oxygen atoms in total. The van der Waals surface area contributed by atoms with Gasteiger partial charge >= 0.3 is 5.97 Å². The lowest BCUT2D eigenvalue weighted by Gasteiger charge is -2.20. The van der Waals surface area contributed by atoms with Gasteiger partial charge in [-0.1, -0.05) is 18.1 Å². The number of aliphatic hydroxyl groups is 2. The second-order valence-electron chi connectivity index (χ2n) is 5.55. The highest BCUT2D eigenvalue weighted by Gasteiger charge is 2.16. The zero-order chi connectivity index (χ0) is 19.4. The third-order valence-corrected chi connectivity index (χ3v) is 3.45. The monoisotopic (exact) mass is 362 g/mol. The van der Waals surface area contributed by atoms with Crippen LogP contribution in [-0.2, 0) is 9.53 Å². The largest absolute Gasteiger partial charge is 0.466 e. The number of carbonyl (C=O) groups is 1. The summed E-state index contributed by atoms with van der Waals surface area (Å²) in [5.41, 5.74) is 1.56. The molecule has 0 aliphatic heterocycles. The maximum absolute atomic E-state index is 11.4. The number of rotatable bonds is 11. The van der Waals surface area contributed by atoms with Gasteiger partial charge in [-0.2, -0.15) is 5.10 Å². The molecule has 0 amide bonds. The summed E-state index contributed by atoms with van der Waals surface area (Å²) in [5.74, 6) is 7.04. The standard InChI is InChI=1S/C18H26N4O4/c1-3-14(11-18(25)26-4-2)21-16(23)9-10-17(24)22-15-7-5-13(6-8-15)12-20-19/h1,5-8,12,14,16-17,21-24H,4,9-11,19H2,2H3/b20-12+. The van der Waals surface area contributed by atoms with E-state index in [-0.39, 0.29) is 25.9 Å². The molecule has 0 aliphatic rings. The lowest BCUT2D eigenvalue weighted by atomic mass is 10.1.